The third-order valence-electron chi connectivity index (χ3n) is 3.77. The van der Waals surface area contributed by atoms with Crippen molar-refractivity contribution in [2.75, 3.05) is 20.7 Å². The lowest BCUT2D eigenvalue weighted by molar-refractivity contribution is -0.139. The minimum Gasteiger partial charge on any atom is -0.458 e. The summed E-state index contributed by atoms with van der Waals surface area (Å²) in [5.41, 5.74) is 1.61. The van der Waals surface area contributed by atoms with E-state index in [-0.39, 0.29) is 18.0 Å². The fraction of sp³-hybridized carbons (Fsp3) is 0.556. The Balaban J connectivity index is 5.26. The van der Waals surface area contributed by atoms with Gasteiger partial charge in [0.05, 0.1) is 0 Å². The lowest BCUT2D eigenvalue weighted by Crippen LogP contribution is -2.39. The van der Waals surface area contributed by atoms with Crippen LogP contribution >= 0.6 is 0 Å². The fourth-order valence-electron chi connectivity index (χ4n) is 2.08. The fourth-order valence-corrected chi connectivity index (χ4v) is 7.16. The van der Waals surface area contributed by atoms with Crippen LogP contribution < -0.4 is 0 Å². The number of ether oxygens (including phenoxy) is 1. The number of allylic oxidation sites excluding steroid dienone is 3. The lowest BCUT2D eigenvalue weighted by Gasteiger charge is -2.27. The number of hydrogen-bond donors (Lipinski definition) is 0. The second kappa shape index (κ2) is 9.89. The zero-order chi connectivity index (χ0) is 19.9. The molecule has 0 bridgehead atoms. The van der Waals surface area contributed by atoms with Gasteiger partial charge in [-0.05, 0) is 63.8 Å². The highest BCUT2D eigenvalue weighted by atomic mass is 28.4. The van der Waals surface area contributed by atoms with Gasteiger partial charge in [-0.3, -0.25) is 4.79 Å². The molecule has 0 fully saturated rings. The average molecular weight is 383 g/mol. The van der Waals surface area contributed by atoms with Crippen molar-refractivity contribution in [1.82, 2.24) is 4.90 Å². The Morgan fingerprint density at radius 3 is 2.08 bits per heavy atom. The molecule has 5 nitrogen and oxygen atoms in total. The summed E-state index contributed by atoms with van der Waals surface area (Å²) in [6, 6.07) is 0. The molecular formula is C18H32NO4Si2. The van der Waals surface area contributed by atoms with E-state index >= 15 is 0 Å². The standard InChI is InChI=1S/C18H32NO4Si2/c1-13(11-14(2)19(5)6)17(16(4)20)18(21)22-12-15(3)25(9,10)23-24(7)8/h11H,3,12H2,1-2,4-10H3. The molecule has 1 radical (unpaired) electrons. The van der Waals surface area contributed by atoms with Crippen LogP contribution in [-0.2, 0) is 18.4 Å². The van der Waals surface area contributed by atoms with E-state index in [1.54, 1.807) is 13.0 Å². The Labute approximate surface area is 155 Å². The van der Waals surface area contributed by atoms with Crippen molar-refractivity contribution >= 4 is 29.1 Å². The first-order chi connectivity index (χ1) is 11.3. The molecule has 141 valence electrons. The minimum atomic E-state index is -2.11. The molecule has 0 amide bonds. The van der Waals surface area contributed by atoms with Gasteiger partial charge < -0.3 is 13.8 Å². The molecule has 0 N–H and O–H groups in total. The molecule has 0 atom stereocenters. The van der Waals surface area contributed by atoms with Crippen molar-refractivity contribution in [3.8, 4) is 0 Å². The number of carbonyl (C=O) groups is 2. The number of esters is 1. The molecule has 25 heavy (non-hydrogen) atoms. The van der Waals surface area contributed by atoms with Gasteiger partial charge in [-0.15, -0.1) is 0 Å². The molecule has 0 rings (SSSR count). The Bertz CT molecular complexity index is 590. The molecule has 0 aliphatic heterocycles. The summed E-state index contributed by atoms with van der Waals surface area (Å²) in [6.45, 7) is 17.3. The van der Waals surface area contributed by atoms with Crippen molar-refractivity contribution in [2.24, 2.45) is 0 Å². The molecule has 0 saturated heterocycles. The highest BCUT2D eigenvalue weighted by molar-refractivity contribution is 6.83. The summed E-state index contributed by atoms with van der Waals surface area (Å²) in [5.74, 6) is -0.923. The molecule has 0 saturated carbocycles. The van der Waals surface area contributed by atoms with E-state index in [9.17, 15) is 9.59 Å². The first-order valence-corrected chi connectivity index (χ1v) is 13.5. The summed E-state index contributed by atoms with van der Waals surface area (Å²) < 4.78 is 11.4. The van der Waals surface area contributed by atoms with Gasteiger partial charge in [-0.25, -0.2) is 4.79 Å². The zero-order valence-electron chi connectivity index (χ0n) is 17.1. The van der Waals surface area contributed by atoms with Crippen LogP contribution in [0.2, 0.25) is 26.2 Å². The summed E-state index contributed by atoms with van der Waals surface area (Å²) >= 11 is 0. The average Bonchev–Trinajstić information content (AvgIpc) is 2.42. The molecule has 0 aromatic carbocycles. The van der Waals surface area contributed by atoms with E-state index in [1.807, 2.05) is 39.0 Å². The van der Waals surface area contributed by atoms with E-state index in [0.717, 1.165) is 10.9 Å². The predicted molar refractivity (Wildman–Crippen MR) is 107 cm³/mol. The SMILES string of the molecule is C=C(COC(=O)C(C(C)=O)=C(C)C=C(C)N(C)C)[Si](C)(C)O[Si](C)C. The van der Waals surface area contributed by atoms with Crippen molar-refractivity contribution in [1.29, 1.82) is 0 Å². The summed E-state index contributed by atoms with van der Waals surface area (Å²) in [6.07, 6.45) is 1.80. The largest absolute Gasteiger partial charge is 0.458 e. The molecule has 0 aliphatic carbocycles. The highest BCUT2D eigenvalue weighted by Gasteiger charge is 2.29. The Morgan fingerprint density at radius 1 is 1.16 bits per heavy atom. The van der Waals surface area contributed by atoms with Crippen LogP contribution in [0.3, 0.4) is 0 Å². The third-order valence-corrected chi connectivity index (χ3v) is 9.29. The van der Waals surface area contributed by atoms with Crippen LogP contribution in [0.15, 0.2) is 34.7 Å². The Morgan fingerprint density at radius 2 is 1.68 bits per heavy atom. The maximum Gasteiger partial charge on any atom is 0.342 e. The summed E-state index contributed by atoms with van der Waals surface area (Å²) in [7, 11) is 0.837. The van der Waals surface area contributed by atoms with E-state index in [2.05, 4.69) is 19.7 Å². The molecule has 0 aliphatic rings. The number of rotatable bonds is 9. The van der Waals surface area contributed by atoms with Crippen LogP contribution in [0.25, 0.3) is 0 Å². The van der Waals surface area contributed by atoms with Crippen molar-refractivity contribution < 1.29 is 18.4 Å². The molecule has 0 aromatic heterocycles. The number of Topliss-reactive ketones (excluding diaryl/α,β-unsaturated/α-hetero) is 1. The van der Waals surface area contributed by atoms with E-state index < -0.39 is 23.3 Å². The lowest BCUT2D eigenvalue weighted by atomic mass is 10.1. The van der Waals surface area contributed by atoms with Crippen LogP contribution in [0.5, 0.6) is 0 Å². The van der Waals surface area contributed by atoms with E-state index in [4.69, 9.17) is 8.85 Å². The second-order valence-corrected chi connectivity index (χ2v) is 13.4. The van der Waals surface area contributed by atoms with Crippen LogP contribution in [0, 0.1) is 0 Å². The van der Waals surface area contributed by atoms with Gasteiger partial charge >= 0.3 is 5.97 Å². The van der Waals surface area contributed by atoms with E-state index in [1.165, 1.54) is 6.92 Å². The zero-order valence-corrected chi connectivity index (χ0v) is 19.1. The number of nitrogens with zero attached hydrogens (tertiary/aromatic N) is 1. The minimum absolute atomic E-state index is 0.0742. The van der Waals surface area contributed by atoms with Crippen molar-refractivity contribution in [2.45, 2.75) is 47.0 Å². The number of ketones is 1. The third kappa shape index (κ3) is 7.98. The summed E-state index contributed by atoms with van der Waals surface area (Å²) in [5, 5.41) is 0.799. The van der Waals surface area contributed by atoms with Gasteiger partial charge in [0.25, 0.3) is 0 Å². The first kappa shape index (κ1) is 23.6. The predicted octanol–water partition coefficient (Wildman–Crippen LogP) is 3.47. The van der Waals surface area contributed by atoms with Crippen LogP contribution in [-0.4, -0.2) is 54.7 Å². The van der Waals surface area contributed by atoms with Crippen LogP contribution in [0.1, 0.15) is 20.8 Å². The van der Waals surface area contributed by atoms with Crippen molar-refractivity contribution in [3.63, 3.8) is 0 Å². The Hall–Kier alpha value is -1.45. The molecule has 0 aromatic rings. The quantitative estimate of drug-likeness (QED) is 0.153. The summed E-state index contributed by atoms with van der Waals surface area (Å²) in [4.78, 5) is 26.3. The van der Waals surface area contributed by atoms with Gasteiger partial charge in [0.15, 0.2) is 14.8 Å². The topological polar surface area (TPSA) is 55.8 Å². The van der Waals surface area contributed by atoms with Crippen molar-refractivity contribution in [3.05, 3.63) is 34.7 Å². The van der Waals surface area contributed by atoms with Gasteiger partial charge in [0, 0.05) is 19.8 Å². The number of carbonyl (C=O) groups excluding carboxylic acids is 2. The highest BCUT2D eigenvalue weighted by Crippen LogP contribution is 2.18. The smallest absolute Gasteiger partial charge is 0.342 e. The second-order valence-electron chi connectivity index (χ2n) is 6.99. The monoisotopic (exact) mass is 382 g/mol. The maximum absolute atomic E-state index is 12.4. The number of hydrogen-bond acceptors (Lipinski definition) is 5. The molecular weight excluding hydrogens is 350 g/mol. The van der Waals surface area contributed by atoms with Crippen LogP contribution in [0.4, 0.5) is 0 Å². The Kier molecular flexibility index (Phi) is 9.32. The van der Waals surface area contributed by atoms with Gasteiger partial charge in [-0.2, -0.15) is 0 Å². The van der Waals surface area contributed by atoms with Gasteiger partial charge in [0.1, 0.15) is 12.2 Å². The normalized spacial score (nSPS) is 13.4. The molecule has 7 heteroatoms. The van der Waals surface area contributed by atoms with Gasteiger partial charge in [-0.1, -0.05) is 6.58 Å². The maximum atomic E-state index is 12.4. The first-order valence-electron chi connectivity index (χ1n) is 8.21. The van der Waals surface area contributed by atoms with E-state index in [0.29, 0.717) is 5.57 Å². The molecule has 0 heterocycles. The molecule has 0 unspecified atom stereocenters. The van der Waals surface area contributed by atoms with Gasteiger partial charge in [0.2, 0.25) is 8.32 Å². The molecule has 0 spiro atoms.